The molecular formula is C23H17N3O7S. The number of thioether (sulfide) groups is 1. The minimum absolute atomic E-state index is 0.102. The maximum atomic E-state index is 12.7. The van der Waals surface area contributed by atoms with Gasteiger partial charge in [0.2, 0.25) is 0 Å². The number of ether oxygens (including phenoxy) is 1. The maximum Gasteiger partial charge on any atom is 0.335 e. The Labute approximate surface area is 197 Å². The maximum absolute atomic E-state index is 12.7. The Hall–Kier alpha value is -4.38. The molecule has 1 aliphatic heterocycles. The van der Waals surface area contributed by atoms with Gasteiger partial charge in [-0.1, -0.05) is 0 Å². The average molecular weight is 479 g/mol. The molecule has 1 aromatic heterocycles. The number of carboxylic acid groups (broad SMARTS) is 1. The molecule has 0 aliphatic carbocycles. The van der Waals surface area contributed by atoms with Crippen molar-refractivity contribution >= 4 is 46.3 Å². The number of hydrogen-bond donors (Lipinski definition) is 1. The van der Waals surface area contributed by atoms with E-state index in [9.17, 15) is 19.7 Å². The number of hydrogen-bond acceptors (Lipinski definition) is 8. The van der Waals surface area contributed by atoms with E-state index in [2.05, 4.69) is 4.99 Å². The van der Waals surface area contributed by atoms with Crippen LogP contribution in [0.4, 0.5) is 11.4 Å². The fourth-order valence-corrected chi connectivity index (χ4v) is 4.11. The van der Waals surface area contributed by atoms with Crippen molar-refractivity contribution in [2.24, 2.45) is 4.99 Å². The Balaban J connectivity index is 1.58. The summed E-state index contributed by atoms with van der Waals surface area (Å²) in [5.74, 6) is -0.174. The lowest BCUT2D eigenvalue weighted by molar-refractivity contribution is -0.384. The van der Waals surface area contributed by atoms with Crippen molar-refractivity contribution in [2.45, 2.75) is 0 Å². The van der Waals surface area contributed by atoms with Gasteiger partial charge in [0.25, 0.3) is 11.6 Å². The van der Waals surface area contributed by atoms with E-state index in [1.54, 1.807) is 37.4 Å². The van der Waals surface area contributed by atoms with E-state index in [4.69, 9.17) is 14.3 Å². The summed E-state index contributed by atoms with van der Waals surface area (Å²) in [7, 11) is 3.00. The van der Waals surface area contributed by atoms with E-state index >= 15 is 0 Å². The van der Waals surface area contributed by atoms with Crippen molar-refractivity contribution in [2.75, 3.05) is 14.2 Å². The largest absolute Gasteiger partial charge is 0.496 e. The van der Waals surface area contributed by atoms with Crippen LogP contribution in [0.15, 0.2) is 68.9 Å². The second kappa shape index (κ2) is 9.24. The van der Waals surface area contributed by atoms with Crippen molar-refractivity contribution in [3.8, 4) is 17.1 Å². The molecule has 172 valence electrons. The van der Waals surface area contributed by atoms with Gasteiger partial charge in [-0.3, -0.25) is 19.8 Å². The molecular weight excluding hydrogens is 462 g/mol. The van der Waals surface area contributed by atoms with Gasteiger partial charge >= 0.3 is 5.97 Å². The number of furan rings is 1. The number of aliphatic imine (C=N–C) groups is 1. The molecule has 1 N–H and O–H groups in total. The Morgan fingerprint density at radius 2 is 1.94 bits per heavy atom. The molecule has 1 aliphatic rings. The fraction of sp³-hybridized carbons (Fsp3) is 0.0870. The number of carbonyl (C=O) groups excluding carboxylic acids is 1. The zero-order chi connectivity index (χ0) is 24.4. The summed E-state index contributed by atoms with van der Waals surface area (Å²) in [5, 5.41) is 20.4. The van der Waals surface area contributed by atoms with Gasteiger partial charge in [-0.2, -0.15) is 0 Å². The minimum Gasteiger partial charge on any atom is -0.496 e. The van der Waals surface area contributed by atoms with Crippen LogP contribution in [-0.2, 0) is 4.79 Å². The van der Waals surface area contributed by atoms with E-state index in [-0.39, 0.29) is 22.9 Å². The van der Waals surface area contributed by atoms with Gasteiger partial charge in [0.05, 0.1) is 39.8 Å². The van der Waals surface area contributed by atoms with Crippen LogP contribution in [0.1, 0.15) is 16.1 Å². The number of benzene rings is 2. The molecule has 4 rings (SSSR count). The second-order valence-electron chi connectivity index (χ2n) is 7.06. The standard InChI is InChI=1S/C23H17N3O7S/c1-25-21(27)20(34-23(25)24-14-5-3-13(4-6-14)22(28)29)12-16-8-10-18(33-16)17-9-7-15(26(30)31)11-19(17)32-2/h3-12H,1-2H3,(H,28,29)/b20-12-,24-23?. The normalized spacial score (nSPS) is 15.8. The third-order valence-electron chi connectivity index (χ3n) is 4.90. The number of amides is 1. The number of amidine groups is 1. The third kappa shape index (κ3) is 4.55. The first kappa shape index (κ1) is 22.8. The molecule has 0 radical (unpaired) electrons. The van der Waals surface area contributed by atoms with Gasteiger partial charge in [-0.15, -0.1) is 0 Å². The van der Waals surface area contributed by atoms with Crippen LogP contribution in [0.5, 0.6) is 5.75 Å². The highest BCUT2D eigenvalue weighted by molar-refractivity contribution is 8.18. The van der Waals surface area contributed by atoms with Crippen LogP contribution in [0.3, 0.4) is 0 Å². The molecule has 0 bridgehead atoms. The lowest BCUT2D eigenvalue weighted by Gasteiger charge is -2.07. The molecule has 1 amide bonds. The number of rotatable bonds is 6. The van der Waals surface area contributed by atoms with Crippen molar-refractivity contribution in [3.05, 3.63) is 80.9 Å². The number of methoxy groups -OCH3 is 1. The second-order valence-corrected chi connectivity index (χ2v) is 8.07. The predicted octanol–water partition coefficient (Wildman–Crippen LogP) is 4.80. The third-order valence-corrected chi connectivity index (χ3v) is 5.96. The van der Waals surface area contributed by atoms with E-state index < -0.39 is 10.9 Å². The van der Waals surface area contributed by atoms with E-state index in [1.807, 2.05) is 0 Å². The van der Waals surface area contributed by atoms with Crippen LogP contribution < -0.4 is 4.74 Å². The van der Waals surface area contributed by atoms with Gasteiger partial charge < -0.3 is 14.3 Å². The number of nitrogens with zero attached hydrogens (tertiary/aromatic N) is 3. The molecule has 0 unspecified atom stereocenters. The Bertz CT molecular complexity index is 1360. The van der Waals surface area contributed by atoms with Gasteiger partial charge in [0.15, 0.2) is 5.17 Å². The Kier molecular flexibility index (Phi) is 6.19. The first-order valence-corrected chi connectivity index (χ1v) is 10.6. The number of nitro groups is 1. The summed E-state index contributed by atoms with van der Waals surface area (Å²) in [6.45, 7) is 0. The molecule has 0 atom stereocenters. The molecule has 3 aromatic rings. The highest BCUT2D eigenvalue weighted by Gasteiger charge is 2.30. The topological polar surface area (TPSA) is 135 Å². The Morgan fingerprint density at radius 1 is 1.21 bits per heavy atom. The minimum atomic E-state index is -1.03. The molecule has 2 heterocycles. The number of likely N-dealkylation sites (N-methyl/N-ethyl adjacent to an activating group) is 1. The summed E-state index contributed by atoms with van der Waals surface area (Å²) in [6.07, 6.45) is 1.58. The highest BCUT2D eigenvalue weighted by atomic mass is 32.2. The van der Waals surface area contributed by atoms with Crippen molar-refractivity contribution < 1.29 is 28.8 Å². The van der Waals surface area contributed by atoms with Crippen LogP contribution in [-0.4, -0.2) is 46.1 Å². The van der Waals surface area contributed by atoms with E-state index in [1.165, 1.54) is 42.3 Å². The Morgan fingerprint density at radius 3 is 2.59 bits per heavy atom. The summed E-state index contributed by atoms with van der Waals surface area (Å²) in [4.78, 5) is 40.4. The van der Waals surface area contributed by atoms with Crippen LogP contribution >= 0.6 is 11.8 Å². The average Bonchev–Trinajstić information content (AvgIpc) is 3.39. The van der Waals surface area contributed by atoms with E-state index in [0.717, 1.165) is 11.8 Å². The SMILES string of the molecule is COc1cc([N+](=O)[O-])ccc1-c1ccc(/C=C2\SC(=Nc3ccc(C(=O)O)cc3)N(C)C2=O)o1. The fourth-order valence-electron chi connectivity index (χ4n) is 3.14. The number of non-ortho nitro benzene ring substituents is 1. The van der Waals surface area contributed by atoms with Crippen LogP contribution in [0.25, 0.3) is 17.4 Å². The zero-order valence-electron chi connectivity index (χ0n) is 17.9. The molecule has 2 aromatic carbocycles. The zero-order valence-corrected chi connectivity index (χ0v) is 18.7. The van der Waals surface area contributed by atoms with Crippen molar-refractivity contribution in [1.82, 2.24) is 4.90 Å². The lowest BCUT2D eigenvalue weighted by atomic mass is 10.1. The van der Waals surface area contributed by atoms with E-state index in [0.29, 0.717) is 32.8 Å². The lowest BCUT2D eigenvalue weighted by Crippen LogP contribution is -2.23. The molecule has 10 nitrogen and oxygen atoms in total. The summed E-state index contributed by atoms with van der Waals surface area (Å²) in [6, 6.07) is 13.6. The first-order chi connectivity index (χ1) is 16.3. The van der Waals surface area contributed by atoms with Crippen molar-refractivity contribution in [1.29, 1.82) is 0 Å². The molecule has 0 saturated carbocycles. The van der Waals surface area contributed by atoms with Crippen molar-refractivity contribution in [3.63, 3.8) is 0 Å². The summed E-state index contributed by atoms with van der Waals surface area (Å²) < 4.78 is 11.1. The number of carboxylic acids is 1. The number of nitro benzene ring substituents is 1. The molecule has 1 saturated heterocycles. The highest BCUT2D eigenvalue weighted by Crippen LogP contribution is 2.37. The van der Waals surface area contributed by atoms with Crippen LogP contribution in [0.2, 0.25) is 0 Å². The molecule has 34 heavy (non-hydrogen) atoms. The number of carbonyl (C=O) groups is 2. The predicted molar refractivity (Wildman–Crippen MR) is 126 cm³/mol. The summed E-state index contributed by atoms with van der Waals surface area (Å²) in [5.41, 5.74) is 1.09. The van der Waals surface area contributed by atoms with Gasteiger partial charge in [0.1, 0.15) is 17.3 Å². The molecule has 0 spiro atoms. The first-order valence-electron chi connectivity index (χ1n) is 9.79. The smallest absolute Gasteiger partial charge is 0.335 e. The quantitative estimate of drug-likeness (QED) is 0.303. The van der Waals surface area contributed by atoms with Gasteiger partial charge in [-0.05, 0) is 54.2 Å². The monoisotopic (exact) mass is 479 g/mol. The van der Waals surface area contributed by atoms with Gasteiger partial charge in [-0.25, -0.2) is 9.79 Å². The molecule has 11 heteroatoms. The summed E-state index contributed by atoms with van der Waals surface area (Å²) >= 11 is 1.16. The van der Waals surface area contributed by atoms with Gasteiger partial charge in [0, 0.05) is 19.2 Å². The molecule has 1 fully saturated rings. The number of aromatic carboxylic acids is 1. The van der Waals surface area contributed by atoms with Crippen LogP contribution in [0, 0.1) is 10.1 Å².